The Kier molecular flexibility index (Phi) is 4.75. The first-order valence-corrected chi connectivity index (χ1v) is 8.15. The van der Waals surface area contributed by atoms with Crippen LogP contribution in [0, 0.1) is 5.82 Å². The maximum atomic E-state index is 13.7. The number of hydrogen-bond acceptors (Lipinski definition) is 4. The average molecular weight is 292 g/mol. The fourth-order valence-corrected chi connectivity index (χ4v) is 3.51. The van der Waals surface area contributed by atoms with E-state index in [0.717, 1.165) is 18.0 Å². The minimum absolute atomic E-state index is 0.0663. The normalized spacial score (nSPS) is 11.5. The lowest BCUT2D eigenvalue weighted by Crippen LogP contribution is -2.04. The fraction of sp³-hybridized carbons (Fsp3) is 0.364. The number of thioether (sulfide) groups is 1. The summed E-state index contributed by atoms with van der Waals surface area (Å²) < 4.78 is 36.9. The number of aryl methyl sites for hydroxylation is 1. The van der Waals surface area contributed by atoms with Crippen LogP contribution in [0.5, 0.6) is 0 Å². The van der Waals surface area contributed by atoms with Gasteiger partial charge in [-0.2, -0.15) is 0 Å². The summed E-state index contributed by atoms with van der Waals surface area (Å²) >= 11 is 1.01. The van der Waals surface area contributed by atoms with Crippen LogP contribution in [0.3, 0.4) is 0 Å². The summed E-state index contributed by atoms with van der Waals surface area (Å²) in [6, 6.07) is 2.52. The lowest BCUT2D eigenvalue weighted by atomic mass is 10.1. The van der Waals surface area contributed by atoms with Gasteiger partial charge in [-0.15, -0.1) is 11.8 Å². The highest BCUT2D eigenvalue weighted by molar-refractivity contribution is 7.99. The minimum atomic E-state index is -3.54. The molecule has 0 fully saturated rings. The minimum Gasteiger partial charge on any atom is -0.481 e. The van der Waals surface area contributed by atoms with Gasteiger partial charge in [-0.25, -0.2) is 12.8 Å². The maximum absolute atomic E-state index is 13.7. The van der Waals surface area contributed by atoms with Crippen molar-refractivity contribution in [2.45, 2.75) is 22.6 Å². The molecule has 0 saturated carbocycles. The number of carboxylic acid groups (broad SMARTS) is 1. The molecule has 18 heavy (non-hydrogen) atoms. The van der Waals surface area contributed by atoms with Crippen molar-refractivity contribution in [3.8, 4) is 0 Å². The first kappa shape index (κ1) is 15.0. The molecule has 0 heterocycles. The van der Waals surface area contributed by atoms with Crippen molar-refractivity contribution in [1.82, 2.24) is 0 Å². The molecule has 0 spiro atoms. The van der Waals surface area contributed by atoms with Crippen LogP contribution in [0.4, 0.5) is 4.39 Å². The molecule has 0 aliphatic carbocycles. The van der Waals surface area contributed by atoms with Crippen LogP contribution in [-0.2, 0) is 21.1 Å². The number of halogens is 1. The molecule has 1 aromatic carbocycles. The van der Waals surface area contributed by atoms with E-state index >= 15 is 0 Å². The summed E-state index contributed by atoms with van der Waals surface area (Å²) in [4.78, 5) is 10.4. The number of benzene rings is 1. The smallest absolute Gasteiger partial charge is 0.303 e. The topological polar surface area (TPSA) is 71.4 Å². The molecule has 1 N–H and O–H groups in total. The Balaban J connectivity index is 3.27. The highest BCUT2D eigenvalue weighted by atomic mass is 32.2. The highest BCUT2D eigenvalue weighted by Crippen LogP contribution is 2.29. The number of aliphatic carboxylic acids is 1. The second kappa shape index (κ2) is 5.71. The lowest BCUT2D eigenvalue weighted by Gasteiger charge is -2.09. The highest BCUT2D eigenvalue weighted by Gasteiger charge is 2.18. The van der Waals surface area contributed by atoms with E-state index in [9.17, 15) is 17.6 Å². The van der Waals surface area contributed by atoms with E-state index in [1.165, 1.54) is 12.1 Å². The third-order valence-corrected chi connectivity index (χ3v) is 4.37. The van der Waals surface area contributed by atoms with Crippen LogP contribution in [0.2, 0.25) is 0 Å². The summed E-state index contributed by atoms with van der Waals surface area (Å²) in [5.74, 6) is -1.64. The molecule has 0 bridgehead atoms. The summed E-state index contributed by atoms with van der Waals surface area (Å²) in [6.45, 7) is 0. The molecule has 0 unspecified atom stereocenters. The van der Waals surface area contributed by atoms with Crippen molar-refractivity contribution < 1.29 is 22.7 Å². The van der Waals surface area contributed by atoms with E-state index in [-0.39, 0.29) is 22.6 Å². The third-order valence-electron chi connectivity index (χ3n) is 2.30. The zero-order valence-electron chi connectivity index (χ0n) is 9.94. The Morgan fingerprint density at radius 1 is 1.44 bits per heavy atom. The standard InChI is InChI=1S/C11H13FO4S2/c1-17-11-8(12)5-7(3-4-10(13)14)6-9(11)18(2,15)16/h5-6H,3-4H2,1-2H3,(H,13,14). The Morgan fingerprint density at radius 2 is 2.06 bits per heavy atom. The molecular weight excluding hydrogens is 279 g/mol. The van der Waals surface area contributed by atoms with Gasteiger partial charge in [0.1, 0.15) is 5.82 Å². The summed E-state index contributed by atoms with van der Waals surface area (Å²) in [5.41, 5.74) is 0.369. The van der Waals surface area contributed by atoms with Gasteiger partial charge in [0.2, 0.25) is 0 Å². The molecule has 0 atom stereocenters. The van der Waals surface area contributed by atoms with Gasteiger partial charge in [-0.05, 0) is 30.4 Å². The largest absolute Gasteiger partial charge is 0.481 e. The van der Waals surface area contributed by atoms with E-state index < -0.39 is 21.6 Å². The van der Waals surface area contributed by atoms with E-state index in [1.807, 2.05) is 0 Å². The predicted molar refractivity (Wildman–Crippen MR) is 67.2 cm³/mol. The average Bonchev–Trinajstić information content (AvgIpc) is 2.24. The lowest BCUT2D eigenvalue weighted by molar-refractivity contribution is -0.136. The number of carbonyl (C=O) groups is 1. The number of carboxylic acids is 1. The van der Waals surface area contributed by atoms with Crippen LogP contribution < -0.4 is 0 Å². The van der Waals surface area contributed by atoms with Crippen molar-refractivity contribution >= 4 is 27.6 Å². The molecule has 100 valence electrons. The number of sulfone groups is 1. The van der Waals surface area contributed by atoms with Gasteiger partial charge in [-0.3, -0.25) is 4.79 Å². The van der Waals surface area contributed by atoms with E-state index in [0.29, 0.717) is 5.56 Å². The van der Waals surface area contributed by atoms with E-state index in [1.54, 1.807) is 6.26 Å². The Hall–Kier alpha value is -1.08. The molecule has 1 aromatic rings. The molecule has 0 amide bonds. The Morgan fingerprint density at radius 3 is 2.50 bits per heavy atom. The third kappa shape index (κ3) is 3.71. The van der Waals surface area contributed by atoms with Crippen LogP contribution in [-0.4, -0.2) is 32.0 Å². The van der Waals surface area contributed by atoms with Crippen LogP contribution in [0.1, 0.15) is 12.0 Å². The van der Waals surface area contributed by atoms with E-state index in [4.69, 9.17) is 5.11 Å². The second-order valence-corrected chi connectivity index (χ2v) is 6.58. The van der Waals surface area contributed by atoms with Crippen molar-refractivity contribution in [1.29, 1.82) is 0 Å². The van der Waals surface area contributed by atoms with Gasteiger partial charge in [0.25, 0.3) is 0 Å². The molecule has 0 aliphatic heterocycles. The predicted octanol–water partition coefficient (Wildman–Crippen LogP) is 1.97. The van der Waals surface area contributed by atoms with Gasteiger partial charge < -0.3 is 5.11 Å². The van der Waals surface area contributed by atoms with Gasteiger partial charge in [0.05, 0.1) is 9.79 Å². The molecule has 4 nitrogen and oxygen atoms in total. The first-order valence-electron chi connectivity index (χ1n) is 5.04. The molecule has 0 radical (unpaired) electrons. The van der Waals surface area contributed by atoms with Crippen molar-refractivity contribution in [3.05, 3.63) is 23.5 Å². The molecule has 1 rings (SSSR count). The zero-order valence-corrected chi connectivity index (χ0v) is 11.6. The van der Waals surface area contributed by atoms with Crippen molar-refractivity contribution in [2.24, 2.45) is 0 Å². The van der Waals surface area contributed by atoms with Crippen molar-refractivity contribution in [2.75, 3.05) is 12.5 Å². The second-order valence-electron chi connectivity index (χ2n) is 3.77. The van der Waals surface area contributed by atoms with Gasteiger partial charge in [-0.1, -0.05) is 0 Å². The van der Waals surface area contributed by atoms with Crippen LogP contribution in [0.25, 0.3) is 0 Å². The molecule has 0 aliphatic rings. The quantitative estimate of drug-likeness (QED) is 0.840. The van der Waals surface area contributed by atoms with Crippen molar-refractivity contribution in [3.63, 3.8) is 0 Å². The summed E-state index contributed by atoms with van der Waals surface area (Å²) in [6.07, 6.45) is 2.52. The summed E-state index contributed by atoms with van der Waals surface area (Å²) in [7, 11) is -3.54. The monoisotopic (exact) mass is 292 g/mol. The fourth-order valence-electron chi connectivity index (χ4n) is 1.49. The van der Waals surface area contributed by atoms with Gasteiger partial charge in [0.15, 0.2) is 9.84 Å². The van der Waals surface area contributed by atoms with Gasteiger partial charge >= 0.3 is 5.97 Å². The zero-order chi connectivity index (χ0) is 13.9. The number of hydrogen-bond donors (Lipinski definition) is 1. The van der Waals surface area contributed by atoms with Crippen LogP contribution in [0.15, 0.2) is 21.9 Å². The summed E-state index contributed by atoms with van der Waals surface area (Å²) in [5, 5.41) is 8.56. The van der Waals surface area contributed by atoms with Gasteiger partial charge in [0, 0.05) is 12.7 Å². The van der Waals surface area contributed by atoms with E-state index in [2.05, 4.69) is 0 Å². The van der Waals surface area contributed by atoms with Crippen LogP contribution >= 0.6 is 11.8 Å². The maximum Gasteiger partial charge on any atom is 0.303 e. The SMILES string of the molecule is CSc1c(F)cc(CCC(=O)O)cc1S(C)(=O)=O. The first-order chi connectivity index (χ1) is 8.25. The molecular formula is C11H13FO4S2. The Labute approximate surface area is 109 Å². The molecule has 0 aromatic heterocycles. The molecule has 7 heteroatoms. The Bertz CT molecular complexity index is 567. The number of rotatable bonds is 5. The molecule has 0 saturated heterocycles.